The summed E-state index contributed by atoms with van der Waals surface area (Å²) in [6.45, 7) is 1.91. The Labute approximate surface area is 86.0 Å². The maximum absolute atomic E-state index is 6.06. The Bertz CT molecular complexity index is 499. The van der Waals surface area contributed by atoms with Crippen LogP contribution in [0.2, 0.25) is 0 Å². The predicted molar refractivity (Wildman–Crippen MR) is 58.5 cm³/mol. The summed E-state index contributed by atoms with van der Waals surface area (Å²) < 4.78 is 0. The third kappa shape index (κ3) is 1.10. The van der Waals surface area contributed by atoms with Crippen LogP contribution in [0.1, 0.15) is 29.5 Å². The monoisotopic (exact) mass is 205 g/mol. The number of nitrogens with two attached hydrogens (primary N) is 1. The second-order valence-electron chi connectivity index (χ2n) is 3.79. The average Bonchev–Trinajstić information content (AvgIpc) is 2.93. The third-order valence-corrected chi connectivity index (χ3v) is 3.86. The van der Waals surface area contributed by atoms with E-state index in [2.05, 4.69) is 9.97 Å². The molecule has 0 radical (unpaired) electrons. The van der Waals surface area contributed by atoms with Gasteiger partial charge in [0.1, 0.15) is 10.7 Å². The van der Waals surface area contributed by atoms with Crippen LogP contribution in [0.3, 0.4) is 0 Å². The number of nitrogens with zero attached hydrogens (tertiary/aromatic N) is 2. The van der Waals surface area contributed by atoms with E-state index in [0.717, 1.165) is 21.7 Å². The summed E-state index contributed by atoms with van der Waals surface area (Å²) in [7, 11) is 0. The number of aryl methyl sites for hydroxylation is 1. The zero-order valence-electron chi connectivity index (χ0n) is 7.95. The van der Waals surface area contributed by atoms with E-state index in [1.165, 1.54) is 17.7 Å². The Morgan fingerprint density at radius 2 is 2.29 bits per heavy atom. The Balaban J connectivity index is 2.28. The lowest BCUT2D eigenvalue weighted by Gasteiger charge is -1.93. The molecule has 2 N–H and O–H groups in total. The molecule has 0 spiro atoms. The van der Waals surface area contributed by atoms with Gasteiger partial charge in [-0.3, -0.25) is 0 Å². The van der Waals surface area contributed by atoms with Crippen LogP contribution in [0.4, 0.5) is 5.69 Å². The van der Waals surface area contributed by atoms with Gasteiger partial charge in [-0.25, -0.2) is 9.97 Å². The van der Waals surface area contributed by atoms with Crippen LogP contribution in [0, 0.1) is 6.92 Å². The van der Waals surface area contributed by atoms with Gasteiger partial charge in [-0.15, -0.1) is 11.3 Å². The number of nitrogen functional groups attached to an aromatic ring is 1. The van der Waals surface area contributed by atoms with E-state index in [4.69, 9.17) is 5.73 Å². The van der Waals surface area contributed by atoms with Crippen molar-refractivity contribution in [1.82, 2.24) is 9.97 Å². The van der Waals surface area contributed by atoms with E-state index in [1.807, 2.05) is 13.1 Å². The van der Waals surface area contributed by atoms with Gasteiger partial charge < -0.3 is 5.73 Å². The molecule has 1 saturated carbocycles. The molecule has 0 saturated heterocycles. The molecule has 1 aliphatic rings. The number of aromatic nitrogens is 2. The Morgan fingerprint density at radius 1 is 1.50 bits per heavy atom. The van der Waals surface area contributed by atoms with Crippen LogP contribution in [0.25, 0.3) is 10.2 Å². The van der Waals surface area contributed by atoms with Crippen molar-refractivity contribution in [1.29, 1.82) is 0 Å². The standard InChI is InChI=1S/C10H11N3S/c1-5-12-4-7-8(11)9(6-2-3-6)14-10(7)13-5/h4,6H,2-3,11H2,1H3. The molecule has 1 aliphatic carbocycles. The predicted octanol–water partition coefficient (Wildman–Crippen LogP) is 2.46. The quantitative estimate of drug-likeness (QED) is 0.778. The lowest BCUT2D eigenvalue weighted by atomic mass is 10.2. The van der Waals surface area contributed by atoms with Gasteiger partial charge in [0, 0.05) is 11.1 Å². The zero-order chi connectivity index (χ0) is 9.71. The lowest BCUT2D eigenvalue weighted by molar-refractivity contribution is 1.10. The molecule has 2 aromatic rings. The van der Waals surface area contributed by atoms with Crippen molar-refractivity contribution >= 4 is 27.2 Å². The average molecular weight is 205 g/mol. The van der Waals surface area contributed by atoms with E-state index >= 15 is 0 Å². The second kappa shape index (κ2) is 2.67. The molecule has 3 rings (SSSR count). The maximum atomic E-state index is 6.06. The van der Waals surface area contributed by atoms with Gasteiger partial charge in [0.25, 0.3) is 0 Å². The highest BCUT2D eigenvalue weighted by molar-refractivity contribution is 7.19. The van der Waals surface area contributed by atoms with E-state index in [9.17, 15) is 0 Å². The number of anilines is 1. The van der Waals surface area contributed by atoms with Gasteiger partial charge in [-0.1, -0.05) is 0 Å². The van der Waals surface area contributed by atoms with E-state index in [1.54, 1.807) is 11.3 Å². The van der Waals surface area contributed by atoms with Crippen molar-refractivity contribution in [3.8, 4) is 0 Å². The van der Waals surface area contributed by atoms with Gasteiger partial charge in [-0.2, -0.15) is 0 Å². The first kappa shape index (κ1) is 8.17. The molecular formula is C10H11N3S. The summed E-state index contributed by atoms with van der Waals surface area (Å²) in [5, 5.41) is 1.03. The first-order valence-corrected chi connectivity index (χ1v) is 5.59. The summed E-state index contributed by atoms with van der Waals surface area (Å²) in [5.41, 5.74) is 6.97. The topological polar surface area (TPSA) is 51.8 Å². The summed E-state index contributed by atoms with van der Waals surface area (Å²) in [4.78, 5) is 10.9. The minimum Gasteiger partial charge on any atom is -0.397 e. The van der Waals surface area contributed by atoms with Crippen molar-refractivity contribution in [2.75, 3.05) is 5.73 Å². The highest BCUT2D eigenvalue weighted by Gasteiger charge is 2.28. The van der Waals surface area contributed by atoms with Gasteiger partial charge in [-0.05, 0) is 25.7 Å². The smallest absolute Gasteiger partial charge is 0.129 e. The fourth-order valence-corrected chi connectivity index (χ4v) is 2.93. The summed E-state index contributed by atoms with van der Waals surface area (Å²) in [5.74, 6) is 1.52. The summed E-state index contributed by atoms with van der Waals surface area (Å²) in [6.07, 6.45) is 4.41. The van der Waals surface area contributed by atoms with Crippen LogP contribution < -0.4 is 5.73 Å². The molecule has 0 atom stereocenters. The minimum absolute atomic E-state index is 0.703. The van der Waals surface area contributed by atoms with Gasteiger partial charge in [0.2, 0.25) is 0 Å². The zero-order valence-corrected chi connectivity index (χ0v) is 8.77. The molecule has 0 amide bonds. The molecule has 4 heteroatoms. The number of hydrogen-bond donors (Lipinski definition) is 1. The molecule has 0 bridgehead atoms. The SMILES string of the molecule is Cc1ncc2c(N)c(C3CC3)sc2n1. The normalized spacial score (nSPS) is 16.4. The Hall–Kier alpha value is -1.16. The largest absolute Gasteiger partial charge is 0.397 e. The van der Waals surface area contributed by atoms with E-state index < -0.39 is 0 Å². The number of thiophene rings is 1. The third-order valence-electron chi connectivity index (χ3n) is 2.58. The molecule has 2 heterocycles. The molecule has 72 valence electrons. The summed E-state index contributed by atoms with van der Waals surface area (Å²) in [6, 6.07) is 0. The van der Waals surface area contributed by atoms with Crippen molar-refractivity contribution in [2.45, 2.75) is 25.7 Å². The molecule has 0 aromatic carbocycles. The van der Waals surface area contributed by atoms with Crippen molar-refractivity contribution in [2.24, 2.45) is 0 Å². The van der Waals surface area contributed by atoms with Crippen LogP contribution in [0.15, 0.2) is 6.20 Å². The molecule has 0 aliphatic heterocycles. The van der Waals surface area contributed by atoms with E-state index in [-0.39, 0.29) is 0 Å². The van der Waals surface area contributed by atoms with E-state index in [0.29, 0.717) is 5.92 Å². The first-order chi connectivity index (χ1) is 6.75. The summed E-state index contributed by atoms with van der Waals surface area (Å²) >= 11 is 1.73. The Kier molecular flexibility index (Phi) is 1.56. The van der Waals surface area contributed by atoms with Crippen LogP contribution in [-0.4, -0.2) is 9.97 Å². The van der Waals surface area contributed by atoms with Crippen molar-refractivity contribution in [3.63, 3.8) is 0 Å². The van der Waals surface area contributed by atoms with Crippen LogP contribution in [-0.2, 0) is 0 Å². The van der Waals surface area contributed by atoms with Gasteiger partial charge in [0.15, 0.2) is 0 Å². The number of rotatable bonds is 1. The van der Waals surface area contributed by atoms with Crippen LogP contribution >= 0.6 is 11.3 Å². The fraction of sp³-hybridized carbons (Fsp3) is 0.400. The van der Waals surface area contributed by atoms with Crippen molar-refractivity contribution in [3.05, 3.63) is 16.9 Å². The highest BCUT2D eigenvalue weighted by Crippen LogP contribution is 2.48. The second-order valence-corrected chi connectivity index (χ2v) is 4.82. The molecule has 0 unspecified atom stereocenters. The molecule has 14 heavy (non-hydrogen) atoms. The highest BCUT2D eigenvalue weighted by atomic mass is 32.1. The fourth-order valence-electron chi connectivity index (χ4n) is 1.65. The minimum atomic E-state index is 0.703. The first-order valence-electron chi connectivity index (χ1n) is 4.77. The van der Waals surface area contributed by atoms with Gasteiger partial charge in [0.05, 0.1) is 11.1 Å². The maximum Gasteiger partial charge on any atom is 0.129 e. The lowest BCUT2D eigenvalue weighted by Crippen LogP contribution is -1.89. The Morgan fingerprint density at radius 3 is 3.00 bits per heavy atom. The number of hydrogen-bond acceptors (Lipinski definition) is 4. The van der Waals surface area contributed by atoms with Gasteiger partial charge >= 0.3 is 0 Å². The molecule has 1 fully saturated rings. The van der Waals surface area contributed by atoms with Crippen molar-refractivity contribution < 1.29 is 0 Å². The van der Waals surface area contributed by atoms with Crippen LogP contribution in [0.5, 0.6) is 0 Å². The molecule has 2 aromatic heterocycles. The molecule has 3 nitrogen and oxygen atoms in total. The number of fused-ring (bicyclic) bond motifs is 1. The molecular weight excluding hydrogens is 194 g/mol.